The third-order valence-electron chi connectivity index (χ3n) is 7.60. The van der Waals surface area contributed by atoms with Crippen molar-refractivity contribution in [2.24, 2.45) is 0 Å². The minimum Gasteiger partial charge on any atom is -0.469 e. The summed E-state index contributed by atoms with van der Waals surface area (Å²) in [4.78, 5) is 26.6. The number of carbonyl (C=O) groups is 2. The lowest BCUT2D eigenvalue weighted by atomic mass is 9.77. The summed E-state index contributed by atoms with van der Waals surface area (Å²) in [7, 11) is 5.16. The molecule has 0 saturated carbocycles. The molecule has 1 spiro atoms. The zero-order valence-electron chi connectivity index (χ0n) is 22.3. The van der Waals surface area contributed by atoms with E-state index in [1.165, 1.54) is 7.11 Å². The molecule has 0 amide bonds. The lowest BCUT2D eigenvalue weighted by Gasteiger charge is -2.37. The molecule has 0 aliphatic carbocycles. The van der Waals surface area contributed by atoms with Crippen molar-refractivity contribution in [2.45, 2.75) is 18.4 Å². The zero-order chi connectivity index (χ0) is 28.0. The van der Waals surface area contributed by atoms with Crippen LogP contribution >= 0.6 is 11.6 Å². The predicted molar refractivity (Wildman–Crippen MR) is 154 cm³/mol. The highest BCUT2D eigenvalue weighted by molar-refractivity contribution is 6.33. The Morgan fingerprint density at radius 1 is 0.975 bits per heavy atom. The van der Waals surface area contributed by atoms with E-state index in [0.717, 1.165) is 33.8 Å². The van der Waals surface area contributed by atoms with Crippen LogP contribution in [0.5, 0.6) is 11.5 Å². The van der Waals surface area contributed by atoms with E-state index < -0.39 is 11.6 Å². The predicted octanol–water partition coefficient (Wildman–Crippen LogP) is 6.82. The number of hydrogen-bond acceptors (Lipinski definition) is 7. The number of ether oxygens (including phenoxy) is 3. The van der Waals surface area contributed by atoms with Crippen molar-refractivity contribution in [2.75, 3.05) is 31.4 Å². The molecular weight excluding hydrogens is 528 g/mol. The lowest BCUT2D eigenvalue weighted by molar-refractivity contribution is -0.140. The van der Waals surface area contributed by atoms with Gasteiger partial charge in [-0.1, -0.05) is 41.9 Å². The molecule has 40 heavy (non-hydrogen) atoms. The van der Waals surface area contributed by atoms with E-state index in [-0.39, 0.29) is 5.97 Å². The van der Waals surface area contributed by atoms with Crippen LogP contribution in [-0.2, 0) is 26.3 Å². The van der Waals surface area contributed by atoms with Gasteiger partial charge in [-0.3, -0.25) is 4.79 Å². The third kappa shape index (κ3) is 4.05. The molecule has 1 N–H and O–H groups in total. The Labute approximate surface area is 237 Å². The molecule has 7 nitrogen and oxygen atoms in total. The second-order valence-electron chi connectivity index (χ2n) is 9.78. The molecule has 0 saturated heterocycles. The maximum Gasteiger partial charge on any atom is 0.340 e. The van der Waals surface area contributed by atoms with Crippen molar-refractivity contribution >= 4 is 40.6 Å². The summed E-state index contributed by atoms with van der Waals surface area (Å²) in [5, 5.41) is 3.63. The molecule has 6 rings (SSSR count). The maximum atomic E-state index is 13.1. The van der Waals surface area contributed by atoms with Crippen LogP contribution in [0.15, 0.2) is 78.9 Å². The highest BCUT2D eigenvalue weighted by atomic mass is 35.5. The van der Waals surface area contributed by atoms with Crippen LogP contribution < -0.4 is 15.0 Å². The molecule has 4 aromatic carbocycles. The van der Waals surface area contributed by atoms with Crippen LogP contribution in [0.25, 0.3) is 0 Å². The number of esters is 2. The molecule has 4 aromatic rings. The van der Waals surface area contributed by atoms with Gasteiger partial charge in [0.05, 0.1) is 23.4 Å². The largest absolute Gasteiger partial charge is 0.469 e. The fourth-order valence-electron chi connectivity index (χ4n) is 5.47. The molecule has 0 bridgehead atoms. The molecule has 202 valence electrons. The average molecular weight is 555 g/mol. The molecule has 2 heterocycles. The molecule has 0 radical (unpaired) electrons. The topological polar surface area (TPSA) is 77.1 Å². The van der Waals surface area contributed by atoms with Crippen LogP contribution in [0.4, 0.5) is 17.1 Å². The molecular formula is C32H27ClN2O5. The van der Waals surface area contributed by atoms with Gasteiger partial charge in [0.1, 0.15) is 11.5 Å². The SMILES string of the molecule is CNc1ccc2c(c1)Oc1cc(N(C)c3ccc(CCC(=O)OC)cc3)c(Cl)cc1C21OC(=O)c2ccccc21. The minimum atomic E-state index is -1.19. The smallest absolute Gasteiger partial charge is 0.340 e. The number of aryl methyl sites for hydroxylation is 1. The van der Waals surface area contributed by atoms with E-state index in [1.807, 2.05) is 91.8 Å². The van der Waals surface area contributed by atoms with Gasteiger partial charge < -0.3 is 24.4 Å². The number of nitrogens with one attached hydrogen (secondary N) is 1. The lowest BCUT2D eigenvalue weighted by Crippen LogP contribution is -2.33. The molecule has 8 heteroatoms. The van der Waals surface area contributed by atoms with Gasteiger partial charge in [-0.2, -0.15) is 0 Å². The van der Waals surface area contributed by atoms with E-state index in [4.69, 9.17) is 25.8 Å². The number of methoxy groups -OCH3 is 1. The van der Waals surface area contributed by atoms with Crippen LogP contribution in [0.1, 0.15) is 39.0 Å². The summed E-state index contributed by atoms with van der Waals surface area (Å²) in [5.74, 6) is 0.511. The van der Waals surface area contributed by atoms with Crippen LogP contribution in [-0.4, -0.2) is 33.1 Å². The van der Waals surface area contributed by atoms with Gasteiger partial charge in [-0.15, -0.1) is 0 Å². The Bertz CT molecular complexity index is 1650. The normalized spacial score (nSPS) is 16.4. The van der Waals surface area contributed by atoms with Crippen LogP contribution in [0, 0.1) is 0 Å². The number of benzene rings is 4. The van der Waals surface area contributed by atoms with Gasteiger partial charge in [-0.05, 0) is 48.4 Å². The zero-order valence-corrected chi connectivity index (χ0v) is 23.0. The van der Waals surface area contributed by atoms with Gasteiger partial charge in [0.15, 0.2) is 5.60 Å². The Kier molecular flexibility index (Phi) is 6.39. The quantitative estimate of drug-likeness (QED) is 0.262. The maximum absolute atomic E-state index is 13.1. The number of carbonyl (C=O) groups excluding carboxylic acids is 2. The Morgan fingerprint density at radius 2 is 1.73 bits per heavy atom. The molecule has 2 aliphatic heterocycles. The Morgan fingerprint density at radius 3 is 2.48 bits per heavy atom. The van der Waals surface area contributed by atoms with Gasteiger partial charge >= 0.3 is 11.9 Å². The first-order chi connectivity index (χ1) is 19.3. The van der Waals surface area contributed by atoms with Gasteiger partial charge in [-0.25, -0.2) is 4.79 Å². The Hall–Kier alpha value is -4.49. The molecule has 0 fully saturated rings. The number of nitrogens with zero attached hydrogens (tertiary/aromatic N) is 1. The van der Waals surface area contributed by atoms with E-state index in [9.17, 15) is 9.59 Å². The second kappa shape index (κ2) is 9.92. The monoisotopic (exact) mass is 554 g/mol. The van der Waals surface area contributed by atoms with Crippen molar-refractivity contribution < 1.29 is 23.8 Å². The minimum absolute atomic E-state index is 0.237. The van der Waals surface area contributed by atoms with Gasteiger partial charge in [0.2, 0.25) is 0 Å². The van der Waals surface area contributed by atoms with Crippen molar-refractivity contribution in [3.63, 3.8) is 0 Å². The summed E-state index contributed by atoms with van der Waals surface area (Å²) in [6.45, 7) is 0. The van der Waals surface area contributed by atoms with Crippen LogP contribution in [0.3, 0.4) is 0 Å². The van der Waals surface area contributed by atoms with Crippen LogP contribution in [0.2, 0.25) is 5.02 Å². The summed E-state index contributed by atoms with van der Waals surface area (Å²) < 4.78 is 17.4. The summed E-state index contributed by atoms with van der Waals surface area (Å²) in [6, 6.07) is 24.8. The first-order valence-corrected chi connectivity index (χ1v) is 13.3. The summed E-state index contributed by atoms with van der Waals surface area (Å²) in [5.41, 5.74) is 5.01. The van der Waals surface area contributed by atoms with Gasteiger partial charge in [0.25, 0.3) is 0 Å². The molecule has 0 aromatic heterocycles. The second-order valence-corrected chi connectivity index (χ2v) is 10.2. The number of anilines is 3. The van der Waals surface area contributed by atoms with E-state index in [0.29, 0.717) is 40.5 Å². The van der Waals surface area contributed by atoms with E-state index in [2.05, 4.69) is 5.32 Å². The fraction of sp³-hybridized carbons (Fsp3) is 0.188. The fourth-order valence-corrected chi connectivity index (χ4v) is 5.76. The number of fused-ring (bicyclic) bond motifs is 6. The summed E-state index contributed by atoms with van der Waals surface area (Å²) in [6.07, 6.45) is 0.923. The van der Waals surface area contributed by atoms with E-state index in [1.54, 1.807) is 6.07 Å². The molecule has 2 aliphatic rings. The van der Waals surface area contributed by atoms with Crippen molar-refractivity contribution in [1.82, 2.24) is 0 Å². The first kappa shape index (κ1) is 25.8. The number of rotatable bonds is 6. The average Bonchev–Trinajstić information content (AvgIpc) is 3.28. The Balaban J connectivity index is 1.43. The third-order valence-corrected chi connectivity index (χ3v) is 7.90. The van der Waals surface area contributed by atoms with Gasteiger partial charge in [0, 0.05) is 60.7 Å². The van der Waals surface area contributed by atoms with Crippen molar-refractivity contribution in [3.05, 3.63) is 112 Å². The molecule has 1 unspecified atom stereocenters. The standard InChI is InChI=1S/C32H27ClN2O5/c1-34-20-11-14-24-28(16-20)39-29-18-27(35(2)21-12-8-19(9-13-21)10-15-30(36)38-3)26(33)17-25(29)32(24)23-7-5-4-6-22(23)31(37)40-32/h4-9,11-14,16-18,34H,10,15H2,1-3H3. The summed E-state index contributed by atoms with van der Waals surface area (Å²) >= 11 is 6.94. The van der Waals surface area contributed by atoms with Crippen molar-refractivity contribution in [1.29, 1.82) is 0 Å². The number of hydrogen-bond donors (Lipinski definition) is 1. The number of halogens is 1. The van der Waals surface area contributed by atoms with E-state index >= 15 is 0 Å². The molecule has 1 atom stereocenters. The first-order valence-electron chi connectivity index (χ1n) is 12.9. The van der Waals surface area contributed by atoms with Crippen molar-refractivity contribution in [3.8, 4) is 11.5 Å². The highest BCUT2D eigenvalue weighted by Crippen LogP contribution is 2.58. The highest BCUT2D eigenvalue weighted by Gasteiger charge is 2.53.